The molecular formula is C9H20OSi. The van der Waals surface area contributed by atoms with Gasteiger partial charge in [-0.05, 0) is 20.3 Å². The van der Waals surface area contributed by atoms with Gasteiger partial charge in [-0.15, -0.1) is 0 Å². The lowest BCUT2D eigenvalue weighted by atomic mass is 10.4. The van der Waals surface area contributed by atoms with E-state index in [1.54, 1.807) is 0 Å². The first kappa shape index (κ1) is 10.9. The molecule has 2 heteroatoms. The molecule has 1 nitrogen and oxygen atoms in total. The van der Waals surface area contributed by atoms with Gasteiger partial charge in [0.25, 0.3) is 0 Å². The van der Waals surface area contributed by atoms with Gasteiger partial charge in [-0.1, -0.05) is 30.4 Å². The molecule has 0 aliphatic rings. The Hall–Kier alpha value is -0.0831. The lowest BCUT2D eigenvalue weighted by Crippen LogP contribution is -2.22. The van der Waals surface area contributed by atoms with Crippen molar-refractivity contribution in [3.8, 4) is 0 Å². The van der Waals surface area contributed by atoms with Crippen LogP contribution >= 0.6 is 0 Å². The van der Waals surface area contributed by atoms with E-state index in [1.165, 1.54) is 11.6 Å². The van der Waals surface area contributed by atoms with Crippen LogP contribution in [0, 0.1) is 0 Å². The third-order valence-corrected chi connectivity index (χ3v) is 4.66. The van der Waals surface area contributed by atoms with Crippen LogP contribution in [0.15, 0.2) is 11.3 Å². The average molecular weight is 172 g/mol. The summed E-state index contributed by atoms with van der Waals surface area (Å²) in [7, 11) is -1.11. The van der Waals surface area contributed by atoms with E-state index in [0.29, 0.717) is 6.61 Å². The maximum atomic E-state index is 8.67. The smallest absolute Gasteiger partial charge is 0.0717 e. The topological polar surface area (TPSA) is 20.2 Å². The lowest BCUT2D eigenvalue weighted by molar-refractivity contribution is 0.294. The summed E-state index contributed by atoms with van der Waals surface area (Å²) in [6.07, 6.45) is 0.961. The predicted octanol–water partition coefficient (Wildman–Crippen LogP) is 2.58. The molecule has 0 spiro atoms. The summed E-state index contributed by atoms with van der Waals surface area (Å²) in [5, 5.41) is 8.67. The van der Waals surface area contributed by atoms with E-state index in [2.05, 4.69) is 32.6 Å². The van der Waals surface area contributed by atoms with E-state index < -0.39 is 8.07 Å². The zero-order valence-corrected chi connectivity index (χ0v) is 9.15. The monoisotopic (exact) mass is 172 g/mol. The molecule has 0 bridgehead atoms. The summed E-state index contributed by atoms with van der Waals surface area (Å²) in [5.74, 6) is 0. The Labute approximate surface area is 71.1 Å². The zero-order valence-electron chi connectivity index (χ0n) is 8.15. The van der Waals surface area contributed by atoms with Gasteiger partial charge in [-0.3, -0.25) is 0 Å². The van der Waals surface area contributed by atoms with Crippen LogP contribution in [0.25, 0.3) is 0 Å². The van der Waals surface area contributed by atoms with E-state index in [4.69, 9.17) is 5.11 Å². The first-order chi connectivity index (χ1) is 4.98. The molecule has 0 amide bonds. The highest BCUT2D eigenvalue weighted by atomic mass is 28.3. The molecule has 11 heavy (non-hydrogen) atoms. The average Bonchev–Trinajstić information content (AvgIpc) is 1.81. The fourth-order valence-electron chi connectivity index (χ4n) is 1.39. The maximum absolute atomic E-state index is 8.67. The molecule has 0 saturated heterocycles. The van der Waals surface area contributed by atoms with Crippen molar-refractivity contribution in [2.45, 2.75) is 39.4 Å². The molecule has 66 valence electrons. The second-order valence-corrected chi connectivity index (χ2v) is 8.80. The molecular weight excluding hydrogens is 152 g/mol. The van der Waals surface area contributed by atoms with Crippen molar-refractivity contribution < 1.29 is 5.11 Å². The molecule has 0 aromatic carbocycles. The van der Waals surface area contributed by atoms with Crippen molar-refractivity contribution in [2.24, 2.45) is 0 Å². The second-order valence-electron chi connectivity index (χ2n) is 4.04. The quantitative estimate of drug-likeness (QED) is 0.646. The molecule has 1 N–H and O–H groups in total. The van der Waals surface area contributed by atoms with Gasteiger partial charge in [-0.25, -0.2) is 0 Å². The Kier molecular flexibility index (Phi) is 4.69. The third kappa shape index (κ3) is 6.32. The maximum Gasteiger partial charge on any atom is 0.0717 e. The van der Waals surface area contributed by atoms with Crippen molar-refractivity contribution in [2.75, 3.05) is 6.61 Å². The summed E-state index contributed by atoms with van der Waals surface area (Å²) in [6.45, 7) is 9.32. The van der Waals surface area contributed by atoms with Gasteiger partial charge >= 0.3 is 0 Å². The molecule has 0 saturated carbocycles. The number of rotatable bonds is 4. The van der Waals surface area contributed by atoms with Crippen molar-refractivity contribution in [3.63, 3.8) is 0 Å². The van der Waals surface area contributed by atoms with Gasteiger partial charge in [0, 0.05) is 6.61 Å². The molecule has 0 atom stereocenters. The van der Waals surface area contributed by atoms with Gasteiger partial charge in [0.15, 0.2) is 0 Å². The summed E-state index contributed by atoms with van der Waals surface area (Å²) in [6, 6.07) is 1.20. The largest absolute Gasteiger partial charge is 0.396 e. The SMILES string of the molecule is CC(C)=C[Si](C)(C)CCCO. The Bertz CT molecular complexity index is 134. The fraction of sp³-hybridized carbons (Fsp3) is 0.778. The summed E-state index contributed by atoms with van der Waals surface area (Å²) >= 11 is 0. The molecule has 0 fully saturated rings. The van der Waals surface area contributed by atoms with Gasteiger partial charge in [0.05, 0.1) is 8.07 Å². The molecule has 0 aromatic rings. The number of allylic oxidation sites excluding steroid dienone is 1. The number of aliphatic hydroxyl groups is 1. The zero-order chi connectivity index (χ0) is 8.91. The molecule has 0 aliphatic heterocycles. The van der Waals surface area contributed by atoms with Crippen LogP contribution in [0.2, 0.25) is 19.1 Å². The third-order valence-electron chi connectivity index (χ3n) is 1.66. The van der Waals surface area contributed by atoms with Crippen LogP contribution in [0.4, 0.5) is 0 Å². The normalized spacial score (nSPS) is 11.4. The molecule has 0 heterocycles. The molecule has 0 aliphatic carbocycles. The van der Waals surface area contributed by atoms with Crippen LogP contribution < -0.4 is 0 Å². The van der Waals surface area contributed by atoms with E-state index in [9.17, 15) is 0 Å². The van der Waals surface area contributed by atoms with Crippen molar-refractivity contribution in [1.82, 2.24) is 0 Å². The minimum Gasteiger partial charge on any atom is -0.396 e. The van der Waals surface area contributed by atoms with E-state index >= 15 is 0 Å². The molecule has 0 rings (SSSR count). The van der Waals surface area contributed by atoms with Gasteiger partial charge < -0.3 is 5.11 Å². The Morgan fingerprint density at radius 1 is 1.36 bits per heavy atom. The van der Waals surface area contributed by atoms with Gasteiger partial charge in [0.1, 0.15) is 0 Å². The molecule has 0 aromatic heterocycles. The summed E-state index contributed by atoms with van der Waals surface area (Å²) < 4.78 is 0. The highest BCUT2D eigenvalue weighted by molar-refractivity contribution is 6.82. The lowest BCUT2D eigenvalue weighted by Gasteiger charge is -2.17. The van der Waals surface area contributed by atoms with Gasteiger partial charge in [-0.2, -0.15) is 0 Å². The summed E-state index contributed by atoms with van der Waals surface area (Å²) in [4.78, 5) is 0. The first-order valence-electron chi connectivity index (χ1n) is 4.25. The van der Waals surface area contributed by atoms with Crippen molar-refractivity contribution in [3.05, 3.63) is 11.3 Å². The van der Waals surface area contributed by atoms with E-state index in [1.807, 2.05) is 0 Å². The predicted molar refractivity (Wildman–Crippen MR) is 53.4 cm³/mol. The standard InChI is InChI=1S/C9H20OSi/c1-9(2)8-11(3,4)7-5-6-10/h8,10H,5-7H2,1-4H3. The Morgan fingerprint density at radius 3 is 2.27 bits per heavy atom. The second kappa shape index (κ2) is 4.73. The van der Waals surface area contributed by atoms with Crippen molar-refractivity contribution in [1.29, 1.82) is 0 Å². The van der Waals surface area contributed by atoms with Crippen LogP contribution in [-0.4, -0.2) is 19.8 Å². The van der Waals surface area contributed by atoms with Crippen molar-refractivity contribution >= 4 is 8.07 Å². The first-order valence-corrected chi connectivity index (χ1v) is 7.53. The minimum absolute atomic E-state index is 0.340. The van der Waals surface area contributed by atoms with Crippen LogP contribution in [0.5, 0.6) is 0 Å². The van der Waals surface area contributed by atoms with Crippen LogP contribution in [0.1, 0.15) is 20.3 Å². The number of aliphatic hydroxyl groups excluding tert-OH is 1. The van der Waals surface area contributed by atoms with E-state index in [-0.39, 0.29) is 0 Å². The molecule has 0 unspecified atom stereocenters. The summed E-state index contributed by atoms with van der Waals surface area (Å²) in [5.41, 5.74) is 3.82. The highest BCUT2D eigenvalue weighted by Crippen LogP contribution is 2.14. The van der Waals surface area contributed by atoms with Crippen LogP contribution in [-0.2, 0) is 0 Å². The Balaban J connectivity index is 3.90. The Morgan fingerprint density at radius 2 is 1.91 bits per heavy atom. The van der Waals surface area contributed by atoms with Gasteiger partial charge in [0.2, 0.25) is 0 Å². The highest BCUT2D eigenvalue weighted by Gasteiger charge is 2.15. The van der Waals surface area contributed by atoms with E-state index in [0.717, 1.165) is 6.42 Å². The fourth-order valence-corrected chi connectivity index (χ4v) is 4.16. The number of hydrogen-bond acceptors (Lipinski definition) is 1. The number of hydrogen-bond donors (Lipinski definition) is 1. The minimum atomic E-state index is -1.11. The van der Waals surface area contributed by atoms with Crippen LogP contribution in [0.3, 0.4) is 0 Å². The molecule has 0 radical (unpaired) electrons.